The Morgan fingerprint density at radius 2 is 1.90 bits per heavy atom. The van der Waals surface area contributed by atoms with E-state index in [1.165, 1.54) is 6.34 Å². The highest BCUT2D eigenvalue weighted by atomic mass is 19.1. The summed E-state index contributed by atoms with van der Waals surface area (Å²) >= 11 is 0. The summed E-state index contributed by atoms with van der Waals surface area (Å²) in [5, 5.41) is 9.51. The minimum absolute atomic E-state index is 0.0313. The Morgan fingerprint density at radius 1 is 1.19 bits per heavy atom. The number of nitrogens with zero attached hydrogens (tertiary/aromatic N) is 3. The van der Waals surface area contributed by atoms with Gasteiger partial charge < -0.3 is 27.4 Å². The molecule has 0 aliphatic heterocycles. The number of amides is 1. The predicted molar refractivity (Wildman–Crippen MR) is 122 cm³/mol. The zero-order chi connectivity index (χ0) is 22.2. The number of aliphatic imine (C=N–C) groups is 2. The second-order valence-corrected chi connectivity index (χ2v) is 7.22. The van der Waals surface area contributed by atoms with Gasteiger partial charge in [0.05, 0.1) is 17.6 Å². The van der Waals surface area contributed by atoms with Crippen molar-refractivity contribution in [3.05, 3.63) is 41.7 Å². The molecule has 3 rings (SSSR count). The van der Waals surface area contributed by atoms with Crippen molar-refractivity contribution in [1.82, 2.24) is 10.3 Å². The minimum Gasteiger partial charge on any atom is -0.390 e. The molecule has 1 aromatic heterocycles. The van der Waals surface area contributed by atoms with Crippen molar-refractivity contribution in [3.8, 4) is 0 Å². The molecule has 2 atom stereocenters. The Balaban J connectivity index is 1.84. The normalized spacial score (nSPS) is 19.0. The van der Waals surface area contributed by atoms with E-state index in [9.17, 15) is 9.18 Å². The molecule has 1 saturated carbocycles. The van der Waals surface area contributed by atoms with Crippen LogP contribution in [0.4, 0.5) is 27.4 Å². The molecule has 1 aliphatic carbocycles. The molecule has 1 aromatic carbocycles. The molecule has 0 radical (unpaired) electrons. The minimum atomic E-state index is -0.771. The van der Waals surface area contributed by atoms with Crippen molar-refractivity contribution in [2.45, 2.75) is 37.8 Å². The fourth-order valence-electron chi connectivity index (χ4n) is 3.60. The van der Waals surface area contributed by atoms with E-state index in [1.54, 1.807) is 24.3 Å². The van der Waals surface area contributed by atoms with Gasteiger partial charge >= 0.3 is 0 Å². The third-order valence-corrected chi connectivity index (χ3v) is 5.19. The maximum absolute atomic E-state index is 14.7. The van der Waals surface area contributed by atoms with Crippen LogP contribution in [0.15, 0.2) is 40.3 Å². The topological polar surface area (TPSA) is 143 Å². The van der Waals surface area contributed by atoms with E-state index in [-0.39, 0.29) is 29.3 Å². The summed E-state index contributed by atoms with van der Waals surface area (Å²) in [7, 11) is 1.90. The number of benzene rings is 1. The number of nitrogens with two attached hydrogens (primary N) is 2. The molecular formula is C21H27FN8O. The van der Waals surface area contributed by atoms with Crippen LogP contribution in [0.3, 0.4) is 0 Å². The number of primary amides is 1. The molecule has 0 bridgehead atoms. The first-order chi connectivity index (χ1) is 15.0. The number of anilines is 3. The number of carbonyl (C=O) groups excluding carboxylic acids is 1. The number of hydrogen-bond acceptors (Lipinski definition) is 6. The Kier molecular flexibility index (Phi) is 7.50. The van der Waals surface area contributed by atoms with Crippen LogP contribution < -0.4 is 27.4 Å². The van der Waals surface area contributed by atoms with Crippen LogP contribution >= 0.6 is 0 Å². The van der Waals surface area contributed by atoms with Crippen molar-refractivity contribution in [2.75, 3.05) is 17.7 Å². The lowest BCUT2D eigenvalue weighted by atomic mass is 9.90. The summed E-state index contributed by atoms with van der Waals surface area (Å²) in [5.41, 5.74) is 11.9. The average molecular weight is 427 g/mol. The molecule has 1 fully saturated rings. The first-order valence-corrected chi connectivity index (χ1v) is 10.1. The van der Waals surface area contributed by atoms with Crippen molar-refractivity contribution in [2.24, 2.45) is 21.5 Å². The molecule has 2 aromatic rings. The summed E-state index contributed by atoms with van der Waals surface area (Å²) in [6.07, 6.45) is 6.58. The molecule has 31 heavy (non-hydrogen) atoms. The lowest BCUT2D eigenvalue weighted by Gasteiger charge is -2.32. The molecule has 1 heterocycles. The Morgan fingerprint density at radius 3 is 2.55 bits per heavy atom. The summed E-state index contributed by atoms with van der Waals surface area (Å²) < 4.78 is 14.7. The Labute approximate surface area is 180 Å². The van der Waals surface area contributed by atoms with Crippen molar-refractivity contribution in [1.29, 1.82) is 0 Å². The molecular weight excluding hydrogens is 399 g/mol. The van der Waals surface area contributed by atoms with Gasteiger partial charge in [-0.15, -0.1) is 0 Å². The van der Waals surface area contributed by atoms with Gasteiger partial charge in [-0.05, 0) is 50.2 Å². The quantitative estimate of drug-likeness (QED) is 0.324. The van der Waals surface area contributed by atoms with Crippen LogP contribution in [-0.4, -0.2) is 42.7 Å². The SMILES string of the molecule is CNC1CCCCC1Nc1nc(Nc2ccc(N=CN=CN)cc2)c(C(N)=O)cc1F. The average Bonchev–Trinajstić information content (AvgIpc) is 2.77. The molecule has 2 unspecified atom stereocenters. The van der Waals surface area contributed by atoms with Gasteiger partial charge in [0.1, 0.15) is 12.2 Å². The molecule has 0 spiro atoms. The molecule has 164 valence electrons. The second kappa shape index (κ2) is 10.5. The van der Waals surface area contributed by atoms with Crippen molar-refractivity contribution < 1.29 is 9.18 Å². The van der Waals surface area contributed by atoms with Crippen LogP contribution in [0.2, 0.25) is 0 Å². The number of hydrogen-bond donors (Lipinski definition) is 5. The van der Waals surface area contributed by atoms with Crippen molar-refractivity contribution in [3.63, 3.8) is 0 Å². The molecule has 9 nitrogen and oxygen atoms in total. The molecule has 10 heteroatoms. The Hall–Kier alpha value is -3.53. The summed E-state index contributed by atoms with van der Waals surface area (Å²) in [6.45, 7) is 0. The fraction of sp³-hybridized carbons (Fsp3) is 0.333. The third-order valence-electron chi connectivity index (χ3n) is 5.19. The van der Waals surface area contributed by atoms with Gasteiger partial charge in [0.2, 0.25) is 0 Å². The lowest BCUT2D eigenvalue weighted by Crippen LogP contribution is -2.45. The van der Waals surface area contributed by atoms with E-state index >= 15 is 0 Å². The highest BCUT2D eigenvalue weighted by Crippen LogP contribution is 2.27. The standard InChI is InChI=1S/C21H27FN8O/c1-25-17-4-2-3-5-18(17)29-21-16(22)10-15(19(24)31)20(30-21)28-14-8-6-13(7-9-14)27-12-26-11-23/h6-12,17-18,25H,2-5H2,1H3,(H2,24,31)(H2,23,26,27)(H2,28,29,30). The van der Waals surface area contributed by atoms with E-state index in [2.05, 4.69) is 30.9 Å². The monoisotopic (exact) mass is 426 g/mol. The van der Waals surface area contributed by atoms with Gasteiger partial charge in [0.15, 0.2) is 11.6 Å². The molecule has 1 aliphatic rings. The van der Waals surface area contributed by atoms with Crippen LogP contribution in [-0.2, 0) is 0 Å². The maximum Gasteiger partial charge on any atom is 0.252 e. The summed E-state index contributed by atoms with van der Waals surface area (Å²) in [5.74, 6) is -1.13. The van der Waals surface area contributed by atoms with Crippen molar-refractivity contribution >= 4 is 41.6 Å². The number of carbonyl (C=O) groups is 1. The zero-order valence-electron chi connectivity index (χ0n) is 17.3. The highest BCUT2D eigenvalue weighted by molar-refractivity contribution is 5.98. The first-order valence-electron chi connectivity index (χ1n) is 10.1. The fourth-order valence-corrected chi connectivity index (χ4v) is 3.60. The number of likely N-dealkylation sites (N-methyl/N-ethyl adjacent to an activating group) is 1. The lowest BCUT2D eigenvalue weighted by molar-refractivity contribution is 0.100. The number of halogens is 1. The number of rotatable bonds is 8. The van der Waals surface area contributed by atoms with Gasteiger partial charge in [-0.1, -0.05) is 12.8 Å². The summed E-state index contributed by atoms with van der Waals surface area (Å²) in [4.78, 5) is 24.0. The Bertz CT molecular complexity index is 961. The second-order valence-electron chi connectivity index (χ2n) is 7.22. The molecule has 0 saturated heterocycles. The van der Waals surface area contributed by atoms with Crippen LogP contribution in [0.1, 0.15) is 36.0 Å². The molecule has 1 amide bonds. The van der Waals surface area contributed by atoms with Gasteiger partial charge in [0.25, 0.3) is 5.91 Å². The number of nitrogens with one attached hydrogen (secondary N) is 3. The van der Waals surface area contributed by atoms with E-state index in [4.69, 9.17) is 11.5 Å². The predicted octanol–water partition coefficient (Wildman–Crippen LogP) is 2.65. The third kappa shape index (κ3) is 5.76. The van der Waals surface area contributed by atoms with Gasteiger partial charge in [0, 0.05) is 17.8 Å². The van der Waals surface area contributed by atoms with Crippen LogP contribution in [0.25, 0.3) is 0 Å². The smallest absolute Gasteiger partial charge is 0.252 e. The zero-order valence-corrected chi connectivity index (χ0v) is 17.3. The van der Waals surface area contributed by atoms with E-state index in [1.807, 2.05) is 7.05 Å². The van der Waals surface area contributed by atoms with Gasteiger partial charge in [-0.3, -0.25) is 4.79 Å². The van der Waals surface area contributed by atoms with Crippen LogP contribution in [0.5, 0.6) is 0 Å². The largest absolute Gasteiger partial charge is 0.390 e. The van der Waals surface area contributed by atoms with E-state index in [0.29, 0.717) is 11.4 Å². The van der Waals surface area contributed by atoms with Gasteiger partial charge in [-0.2, -0.15) is 0 Å². The maximum atomic E-state index is 14.7. The number of pyridine rings is 1. The highest BCUT2D eigenvalue weighted by Gasteiger charge is 2.26. The first kappa shape index (κ1) is 22.2. The number of aromatic nitrogens is 1. The van der Waals surface area contributed by atoms with Crippen LogP contribution in [0, 0.1) is 5.82 Å². The van der Waals surface area contributed by atoms with E-state index in [0.717, 1.165) is 38.1 Å². The van der Waals surface area contributed by atoms with E-state index < -0.39 is 11.7 Å². The van der Waals surface area contributed by atoms with Gasteiger partial charge in [-0.25, -0.2) is 19.4 Å². The molecule has 7 N–H and O–H groups in total. The summed E-state index contributed by atoms with van der Waals surface area (Å²) in [6, 6.07) is 8.37.